The van der Waals surface area contributed by atoms with Crippen molar-refractivity contribution in [2.24, 2.45) is 0 Å². The Balaban J connectivity index is 2.30. The van der Waals surface area contributed by atoms with Crippen LogP contribution in [0, 0.1) is 0 Å². The van der Waals surface area contributed by atoms with E-state index in [9.17, 15) is 4.79 Å². The van der Waals surface area contributed by atoms with Gasteiger partial charge >= 0.3 is 6.03 Å². The molecule has 4 nitrogen and oxygen atoms in total. The molecule has 0 aliphatic rings. The molecule has 4 heteroatoms. The summed E-state index contributed by atoms with van der Waals surface area (Å²) in [5, 5.41) is 2.85. The Morgan fingerprint density at radius 2 is 2.00 bits per heavy atom. The first-order valence-corrected chi connectivity index (χ1v) is 5.47. The molecule has 0 unspecified atom stereocenters. The van der Waals surface area contributed by atoms with Crippen LogP contribution in [-0.4, -0.2) is 31.1 Å². The van der Waals surface area contributed by atoms with E-state index >= 15 is 0 Å². The number of amides is 2. The van der Waals surface area contributed by atoms with E-state index in [1.165, 1.54) is 5.56 Å². The quantitative estimate of drug-likeness (QED) is 0.756. The Kier molecular flexibility index (Phi) is 4.64. The molecule has 1 aromatic rings. The average molecular weight is 221 g/mol. The average Bonchev–Trinajstić information content (AvgIpc) is 2.30. The van der Waals surface area contributed by atoms with E-state index in [-0.39, 0.29) is 6.03 Å². The summed E-state index contributed by atoms with van der Waals surface area (Å²) in [5.74, 6) is 0. The van der Waals surface area contributed by atoms with Gasteiger partial charge in [-0.3, -0.25) is 0 Å². The van der Waals surface area contributed by atoms with E-state index in [0.29, 0.717) is 13.1 Å². The van der Waals surface area contributed by atoms with E-state index in [2.05, 4.69) is 5.32 Å². The fraction of sp³-hybridized carbons (Fsp3) is 0.417. The Labute approximate surface area is 96.4 Å². The lowest BCUT2D eigenvalue weighted by Crippen LogP contribution is -2.37. The SMILES string of the molecule is CCN(C)C(=O)NCCc1ccc(N)cc1. The minimum Gasteiger partial charge on any atom is -0.399 e. The van der Waals surface area contributed by atoms with Crippen LogP contribution in [0.4, 0.5) is 10.5 Å². The smallest absolute Gasteiger partial charge is 0.317 e. The zero-order chi connectivity index (χ0) is 12.0. The van der Waals surface area contributed by atoms with Crippen molar-refractivity contribution < 1.29 is 4.79 Å². The van der Waals surface area contributed by atoms with E-state index < -0.39 is 0 Å². The van der Waals surface area contributed by atoms with Crippen molar-refractivity contribution >= 4 is 11.7 Å². The topological polar surface area (TPSA) is 58.4 Å². The number of carbonyl (C=O) groups is 1. The lowest BCUT2D eigenvalue weighted by atomic mass is 10.1. The van der Waals surface area contributed by atoms with Gasteiger partial charge in [-0.05, 0) is 31.0 Å². The minimum absolute atomic E-state index is 0.0297. The number of hydrogen-bond donors (Lipinski definition) is 2. The molecule has 0 saturated carbocycles. The second-order valence-corrected chi connectivity index (χ2v) is 3.74. The molecule has 0 atom stereocenters. The summed E-state index contributed by atoms with van der Waals surface area (Å²) in [5.41, 5.74) is 7.52. The zero-order valence-electron chi connectivity index (χ0n) is 9.86. The van der Waals surface area contributed by atoms with Gasteiger partial charge in [-0.2, -0.15) is 0 Å². The fourth-order valence-electron chi connectivity index (χ4n) is 1.28. The first kappa shape index (κ1) is 12.4. The van der Waals surface area contributed by atoms with Crippen LogP contribution in [0.15, 0.2) is 24.3 Å². The molecular weight excluding hydrogens is 202 g/mol. The molecule has 0 saturated heterocycles. The summed E-state index contributed by atoms with van der Waals surface area (Å²) in [6.07, 6.45) is 0.823. The Hall–Kier alpha value is -1.71. The number of urea groups is 1. The number of benzene rings is 1. The molecule has 0 aliphatic heterocycles. The third kappa shape index (κ3) is 3.81. The molecule has 0 bridgehead atoms. The van der Waals surface area contributed by atoms with Gasteiger partial charge in [0, 0.05) is 25.8 Å². The summed E-state index contributed by atoms with van der Waals surface area (Å²) >= 11 is 0. The Morgan fingerprint density at radius 1 is 1.38 bits per heavy atom. The maximum Gasteiger partial charge on any atom is 0.317 e. The second-order valence-electron chi connectivity index (χ2n) is 3.74. The molecule has 16 heavy (non-hydrogen) atoms. The lowest BCUT2D eigenvalue weighted by Gasteiger charge is -2.15. The number of nitrogens with one attached hydrogen (secondary N) is 1. The number of hydrogen-bond acceptors (Lipinski definition) is 2. The zero-order valence-corrected chi connectivity index (χ0v) is 9.86. The highest BCUT2D eigenvalue weighted by molar-refractivity contribution is 5.73. The standard InChI is InChI=1S/C12H19N3O/c1-3-15(2)12(16)14-9-8-10-4-6-11(13)7-5-10/h4-7H,3,8-9,13H2,1-2H3,(H,14,16). The molecule has 0 spiro atoms. The summed E-state index contributed by atoms with van der Waals surface area (Å²) in [4.78, 5) is 13.1. The highest BCUT2D eigenvalue weighted by Gasteiger charge is 2.04. The van der Waals surface area contributed by atoms with Crippen LogP contribution in [0.25, 0.3) is 0 Å². The summed E-state index contributed by atoms with van der Waals surface area (Å²) in [6.45, 7) is 3.31. The number of rotatable bonds is 4. The molecule has 2 amide bonds. The van der Waals surface area contributed by atoms with Crippen molar-refractivity contribution in [2.45, 2.75) is 13.3 Å². The predicted octanol–water partition coefficient (Wildman–Crippen LogP) is 1.47. The predicted molar refractivity (Wildman–Crippen MR) is 66.3 cm³/mol. The fourth-order valence-corrected chi connectivity index (χ4v) is 1.28. The lowest BCUT2D eigenvalue weighted by molar-refractivity contribution is 0.211. The molecule has 3 N–H and O–H groups in total. The first-order valence-electron chi connectivity index (χ1n) is 5.47. The van der Waals surface area contributed by atoms with Crippen molar-refractivity contribution in [2.75, 3.05) is 25.9 Å². The monoisotopic (exact) mass is 221 g/mol. The van der Waals surface area contributed by atoms with Gasteiger partial charge in [-0.15, -0.1) is 0 Å². The van der Waals surface area contributed by atoms with Crippen LogP contribution in [-0.2, 0) is 6.42 Å². The van der Waals surface area contributed by atoms with E-state index in [0.717, 1.165) is 12.1 Å². The van der Waals surface area contributed by atoms with Gasteiger partial charge in [0.1, 0.15) is 0 Å². The third-order valence-corrected chi connectivity index (χ3v) is 2.49. The molecule has 1 rings (SSSR count). The van der Waals surface area contributed by atoms with E-state index in [1.807, 2.05) is 31.2 Å². The maximum absolute atomic E-state index is 11.4. The molecule has 0 heterocycles. The minimum atomic E-state index is -0.0297. The van der Waals surface area contributed by atoms with Crippen LogP contribution in [0.3, 0.4) is 0 Å². The number of nitrogens with two attached hydrogens (primary N) is 1. The van der Waals surface area contributed by atoms with Crippen LogP contribution < -0.4 is 11.1 Å². The molecule has 0 fully saturated rings. The van der Waals surface area contributed by atoms with Crippen molar-refractivity contribution in [3.8, 4) is 0 Å². The van der Waals surface area contributed by atoms with Gasteiger partial charge in [-0.1, -0.05) is 12.1 Å². The van der Waals surface area contributed by atoms with Crippen molar-refractivity contribution in [3.05, 3.63) is 29.8 Å². The van der Waals surface area contributed by atoms with Crippen molar-refractivity contribution in [1.29, 1.82) is 0 Å². The molecule has 0 aliphatic carbocycles. The first-order chi connectivity index (χ1) is 7.63. The summed E-state index contributed by atoms with van der Waals surface area (Å²) < 4.78 is 0. The number of anilines is 1. The largest absolute Gasteiger partial charge is 0.399 e. The number of nitrogens with zero attached hydrogens (tertiary/aromatic N) is 1. The third-order valence-electron chi connectivity index (χ3n) is 2.49. The molecule has 88 valence electrons. The second kappa shape index (κ2) is 6.00. The van der Waals surface area contributed by atoms with Gasteiger partial charge in [0.2, 0.25) is 0 Å². The van der Waals surface area contributed by atoms with Gasteiger partial charge in [-0.25, -0.2) is 4.79 Å². The van der Waals surface area contributed by atoms with Crippen molar-refractivity contribution in [1.82, 2.24) is 10.2 Å². The van der Waals surface area contributed by atoms with Crippen molar-refractivity contribution in [3.63, 3.8) is 0 Å². The highest BCUT2D eigenvalue weighted by Crippen LogP contribution is 2.05. The van der Waals surface area contributed by atoms with Crippen LogP contribution >= 0.6 is 0 Å². The van der Waals surface area contributed by atoms with Crippen LogP contribution in [0.5, 0.6) is 0 Å². The normalized spacial score (nSPS) is 9.88. The molecular formula is C12H19N3O. The molecule has 0 aromatic heterocycles. The Bertz CT molecular complexity index is 335. The van der Waals surface area contributed by atoms with Gasteiger partial charge < -0.3 is 16.0 Å². The van der Waals surface area contributed by atoms with E-state index in [4.69, 9.17) is 5.73 Å². The van der Waals surface area contributed by atoms with Crippen LogP contribution in [0.1, 0.15) is 12.5 Å². The maximum atomic E-state index is 11.4. The Morgan fingerprint density at radius 3 is 2.56 bits per heavy atom. The highest BCUT2D eigenvalue weighted by atomic mass is 16.2. The number of carbonyl (C=O) groups excluding carboxylic acids is 1. The van der Waals surface area contributed by atoms with Gasteiger partial charge in [0.15, 0.2) is 0 Å². The van der Waals surface area contributed by atoms with Crippen LogP contribution in [0.2, 0.25) is 0 Å². The molecule has 1 aromatic carbocycles. The van der Waals surface area contributed by atoms with Gasteiger partial charge in [0.05, 0.1) is 0 Å². The van der Waals surface area contributed by atoms with E-state index in [1.54, 1.807) is 11.9 Å². The number of nitrogen functional groups attached to an aromatic ring is 1. The summed E-state index contributed by atoms with van der Waals surface area (Å²) in [6, 6.07) is 7.67. The summed E-state index contributed by atoms with van der Waals surface area (Å²) in [7, 11) is 1.78. The molecule has 0 radical (unpaired) electrons. The van der Waals surface area contributed by atoms with Gasteiger partial charge in [0.25, 0.3) is 0 Å².